The summed E-state index contributed by atoms with van der Waals surface area (Å²) in [5.74, 6) is 0.121. The van der Waals surface area contributed by atoms with Crippen LogP contribution in [0.1, 0.15) is 20.3 Å². The van der Waals surface area contributed by atoms with Crippen molar-refractivity contribution in [3.8, 4) is 0 Å². The Morgan fingerprint density at radius 3 is 2.35 bits per heavy atom. The van der Waals surface area contributed by atoms with Crippen LogP contribution in [0.5, 0.6) is 0 Å². The maximum Gasteiger partial charge on any atom is 0.326 e. The van der Waals surface area contributed by atoms with Gasteiger partial charge in [-0.25, -0.2) is 18.0 Å². The van der Waals surface area contributed by atoms with Crippen molar-refractivity contribution in [1.82, 2.24) is 10.6 Å². The van der Waals surface area contributed by atoms with Crippen LogP contribution >= 0.6 is 11.8 Å². The second kappa shape index (κ2) is 9.06. The minimum atomic E-state index is -3.26. The molecule has 2 unspecified atom stereocenters. The van der Waals surface area contributed by atoms with Crippen molar-refractivity contribution in [1.29, 1.82) is 0 Å². The summed E-state index contributed by atoms with van der Waals surface area (Å²) in [7, 11) is -3.26. The summed E-state index contributed by atoms with van der Waals surface area (Å²) in [5, 5.41) is 13.8. The van der Waals surface area contributed by atoms with Gasteiger partial charge in [0.15, 0.2) is 0 Å². The third kappa shape index (κ3) is 9.90. The zero-order chi connectivity index (χ0) is 15.8. The predicted molar refractivity (Wildman–Crippen MR) is 79.9 cm³/mol. The van der Waals surface area contributed by atoms with Gasteiger partial charge in [0.25, 0.3) is 0 Å². The lowest BCUT2D eigenvalue weighted by Gasteiger charge is -2.18. The van der Waals surface area contributed by atoms with Gasteiger partial charge in [-0.1, -0.05) is 6.92 Å². The van der Waals surface area contributed by atoms with Crippen LogP contribution in [0.3, 0.4) is 0 Å². The molecule has 0 spiro atoms. The van der Waals surface area contributed by atoms with Crippen molar-refractivity contribution >= 4 is 33.6 Å². The number of thioether (sulfide) groups is 1. The molecule has 9 heteroatoms. The second-order valence-electron chi connectivity index (χ2n) is 4.49. The molecule has 0 rings (SSSR count). The third-order valence-electron chi connectivity index (χ3n) is 2.33. The number of hydrogen-bond donors (Lipinski definition) is 3. The Hall–Kier alpha value is -0.960. The molecule has 0 aromatic heterocycles. The molecular formula is C11H22N2O5S2. The Balaban J connectivity index is 4.31. The summed E-state index contributed by atoms with van der Waals surface area (Å²) in [6.45, 7) is 3.82. The predicted octanol–water partition coefficient (Wildman–Crippen LogP) is 0.315. The van der Waals surface area contributed by atoms with E-state index in [2.05, 4.69) is 10.6 Å². The van der Waals surface area contributed by atoms with Gasteiger partial charge in [0.05, 0.1) is 5.75 Å². The molecular weight excluding hydrogens is 304 g/mol. The molecule has 0 aromatic rings. The average molecular weight is 326 g/mol. The minimum absolute atomic E-state index is 0.0932. The van der Waals surface area contributed by atoms with Crippen LogP contribution in [0.25, 0.3) is 0 Å². The molecule has 2 atom stereocenters. The Kier molecular flexibility index (Phi) is 8.63. The molecule has 118 valence electrons. The number of carboxylic acids is 1. The summed E-state index contributed by atoms with van der Waals surface area (Å²) in [5.41, 5.74) is 0. The van der Waals surface area contributed by atoms with E-state index in [1.807, 2.05) is 13.8 Å². The molecule has 3 N–H and O–H groups in total. The number of sulfone groups is 1. The fourth-order valence-corrected chi connectivity index (χ4v) is 2.69. The Bertz CT molecular complexity index is 425. The number of rotatable bonds is 9. The van der Waals surface area contributed by atoms with E-state index < -0.39 is 27.9 Å². The number of carbonyl (C=O) groups excluding carboxylic acids is 1. The first kappa shape index (κ1) is 19.0. The van der Waals surface area contributed by atoms with Gasteiger partial charge in [-0.3, -0.25) is 0 Å². The molecule has 20 heavy (non-hydrogen) atoms. The highest BCUT2D eigenvalue weighted by molar-refractivity contribution is 7.99. The topological polar surface area (TPSA) is 113 Å². The molecule has 2 amide bonds. The van der Waals surface area contributed by atoms with Gasteiger partial charge in [-0.05, 0) is 19.1 Å². The minimum Gasteiger partial charge on any atom is -0.480 e. The summed E-state index contributed by atoms with van der Waals surface area (Å²) >= 11 is 1.66. The Labute approximate surface area is 123 Å². The Morgan fingerprint density at radius 1 is 1.30 bits per heavy atom. The van der Waals surface area contributed by atoms with E-state index in [-0.39, 0.29) is 18.2 Å². The molecule has 0 saturated carbocycles. The van der Waals surface area contributed by atoms with Crippen molar-refractivity contribution < 1.29 is 23.1 Å². The van der Waals surface area contributed by atoms with Crippen LogP contribution in [-0.2, 0) is 14.6 Å². The van der Waals surface area contributed by atoms with Crippen LogP contribution in [0.4, 0.5) is 4.79 Å². The standard InChI is InChI=1S/C11H22N2O5S2/c1-4-19-7-8(2)12-11(16)13-9(10(14)15)5-6-20(3,17)18/h8-9H,4-7H2,1-3H3,(H,14,15)(H2,12,13,16). The van der Waals surface area contributed by atoms with E-state index >= 15 is 0 Å². The fraction of sp³-hybridized carbons (Fsp3) is 0.818. The highest BCUT2D eigenvalue weighted by atomic mass is 32.2. The van der Waals surface area contributed by atoms with Crippen molar-refractivity contribution in [2.24, 2.45) is 0 Å². The molecule has 0 aromatic carbocycles. The number of aliphatic carboxylic acids is 1. The van der Waals surface area contributed by atoms with E-state index in [4.69, 9.17) is 5.11 Å². The number of carboxylic acid groups (broad SMARTS) is 1. The Morgan fingerprint density at radius 2 is 1.90 bits per heavy atom. The number of carbonyl (C=O) groups is 2. The first-order valence-electron chi connectivity index (χ1n) is 6.21. The largest absolute Gasteiger partial charge is 0.480 e. The monoisotopic (exact) mass is 326 g/mol. The number of amides is 2. The summed E-state index contributed by atoms with van der Waals surface area (Å²) in [6.07, 6.45) is 0.871. The van der Waals surface area contributed by atoms with E-state index in [1.165, 1.54) is 0 Å². The summed E-state index contributed by atoms with van der Waals surface area (Å²) in [4.78, 5) is 22.6. The molecule has 0 aliphatic carbocycles. The van der Waals surface area contributed by atoms with Gasteiger partial charge in [0.2, 0.25) is 0 Å². The molecule has 0 heterocycles. The normalized spacial score (nSPS) is 14.3. The van der Waals surface area contributed by atoms with Gasteiger partial charge >= 0.3 is 12.0 Å². The van der Waals surface area contributed by atoms with Gasteiger partial charge in [0, 0.05) is 18.1 Å². The third-order valence-corrected chi connectivity index (χ3v) is 4.45. The fourth-order valence-electron chi connectivity index (χ4n) is 1.35. The molecule has 0 radical (unpaired) electrons. The molecule has 0 fully saturated rings. The average Bonchev–Trinajstić information content (AvgIpc) is 2.30. The smallest absolute Gasteiger partial charge is 0.326 e. The van der Waals surface area contributed by atoms with Crippen molar-refractivity contribution in [3.05, 3.63) is 0 Å². The molecule has 0 aliphatic rings. The number of nitrogens with one attached hydrogen (secondary N) is 2. The molecule has 0 aliphatic heterocycles. The lowest BCUT2D eigenvalue weighted by Crippen LogP contribution is -2.49. The highest BCUT2D eigenvalue weighted by Gasteiger charge is 2.22. The van der Waals surface area contributed by atoms with E-state index in [0.717, 1.165) is 17.8 Å². The SMILES string of the molecule is CCSCC(C)NC(=O)NC(CCS(C)(=O)=O)C(=O)O. The second-order valence-corrected chi connectivity index (χ2v) is 8.07. The van der Waals surface area contributed by atoms with Gasteiger partial charge < -0.3 is 15.7 Å². The van der Waals surface area contributed by atoms with Crippen LogP contribution in [-0.4, -0.2) is 61.1 Å². The summed E-state index contributed by atoms with van der Waals surface area (Å²) < 4.78 is 22.0. The maximum atomic E-state index is 11.6. The van der Waals surface area contributed by atoms with E-state index in [9.17, 15) is 18.0 Å². The van der Waals surface area contributed by atoms with Crippen LogP contribution in [0.15, 0.2) is 0 Å². The van der Waals surface area contributed by atoms with Crippen LogP contribution in [0.2, 0.25) is 0 Å². The first-order valence-corrected chi connectivity index (χ1v) is 9.42. The maximum absolute atomic E-state index is 11.6. The zero-order valence-corrected chi connectivity index (χ0v) is 13.5. The van der Waals surface area contributed by atoms with E-state index in [0.29, 0.717) is 0 Å². The number of hydrogen-bond acceptors (Lipinski definition) is 5. The number of urea groups is 1. The highest BCUT2D eigenvalue weighted by Crippen LogP contribution is 2.01. The molecule has 0 saturated heterocycles. The van der Waals surface area contributed by atoms with Gasteiger partial charge in [-0.15, -0.1) is 0 Å². The first-order chi connectivity index (χ1) is 9.15. The lowest BCUT2D eigenvalue weighted by molar-refractivity contribution is -0.139. The molecule has 7 nitrogen and oxygen atoms in total. The van der Waals surface area contributed by atoms with E-state index in [1.54, 1.807) is 11.8 Å². The van der Waals surface area contributed by atoms with Gasteiger partial charge in [-0.2, -0.15) is 11.8 Å². The quantitative estimate of drug-likeness (QED) is 0.562. The lowest BCUT2D eigenvalue weighted by atomic mass is 10.2. The zero-order valence-electron chi connectivity index (χ0n) is 11.9. The summed E-state index contributed by atoms with van der Waals surface area (Å²) in [6, 6.07) is -1.91. The van der Waals surface area contributed by atoms with Gasteiger partial charge in [0.1, 0.15) is 15.9 Å². The molecule has 0 bridgehead atoms. The van der Waals surface area contributed by atoms with Crippen molar-refractivity contribution in [2.45, 2.75) is 32.4 Å². The van der Waals surface area contributed by atoms with Crippen LogP contribution < -0.4 is 10.6 Å². The van der Waals surface area contributed by atoms with Crippen molar-refractivity contribution in [3.63, 3.8) is 0 Å². The van der Waals surface area contributed by atoms with Crippen molar-refractivity contribution in [2.75, 3.05) is 23.5 Å². The van der Waals surface area contributed by atoms with Crippen LogP contribution in [0, 0.1) is 0 Å².